The van der Waals surface area contributed by atoms with E-state index in [9.17, 15) is 13.6 Å². The van der Waals surface area contributed by atoms with Gasteiger partial charge in [-0.15, -0.1) is 0 Å². The van der Waals surface area contributed by atoms with E-state index >= 15 is 0 Å². The minimum absolute atomic E-state index is 0.0388. The second-order valence-corrected chi connectivity index (χ2v) is 4.84. The standard InChI is InChI=1S/C19H16F2O2/c1-2-23-19(22)11-10-16-17(20)12-15(13-18(16)21)9-8-14-6-4-3-5-7-14/h3-7,12-13H,2,10-11H2,1H3. The maximum Gasteiger partial charge on any atom is 0.306 e. The average molecular weight is 314 g/mol. The number of benzene rings is 2. The predicted molar refractivity (Wildman–Crippen MR) is 83.7 cm³/mol. The number of rotatable bonds is 4. The van der Waals surface area contributed by atoms with Gasteiger partial charge in [0.15, 0.2) is 0 Å². The van der Waals surface area contributed by atoms with E-state index in [-0.39, 0.29) is 30.6 Å². The highest BCUT2D eigenvalue weighted by atomic mass is 19.1. The van der Waals surface area contributed by atoms with E-state index in [0.717, 1.165) is 5.56 Å². The largest absolute Gasteiger partial charge is 0.466 e. The van der Waals surface area contributed by atoms with E-state index < -0.39 is 17.6 Å². The molecule has 0 heterocycles. The Balaban J connectivity index is 2.14. The second kappa shape index (κ2) is 8.09. The van der Waals surface area contributed by atoms with Crippen LogP contribution in [0, 0.1) is 23.5 Å². The zero-order valence-electron chi connectivity index (χ0n) is 12.7. The molecule has 0 fully saturated rings. The fraction of sp³-hybridized carbons (Fsp3) is 0.211. The van der Waals surface area contributed by atoms with Crippen LogP contribution in [-0.4, -0.2) is 12.6 Å². The molecule has 0 aliphatic heterocycles. The van der Waals surface area contributed by atoms with Crippen LogP contribution in [-0.2, 0) is 16.0 Å². The highest BCUT2D eigenvalue weighted by Gasteiger charge is 2.13. The zero-order chi connectivity index (χ0) is 16.7. The molecule has 0 radical (unpaired) electrons. The molecule has 2 nitrogen and oxygen atoms in total. The van der Waals surface area contributed by atoms with Gasteiger partial charge in [0.1, 0.15) is 11.6 Å². The van der Waals surface area contributed by atoms with Crippen molar-refractivity contribution in [1.29, 1.82) is 0 Å². The van der Waals surface area contributed by atoms with Crippen LogP contribution in [0.25, 0.3) is 0 Å². The summed E-state index contributed by atoms with van der Waals surface area (Å²) in [7, 11) is 0. The predicted octanol–water partition coefficient (Wildman–Crippen LogP) is 3.86. The van der Waals surface area contributed by atoms with Crippen molar-refractivity contribution in [2.24, 2.45) is 0 Å². The Bertz CT molecular complexity index is 720. The van der Waals surface area contributed by atoms with Crippen LogP contribution < -0.4 is 0 Å². The van der Waals surface area contributed by atoms with E-state index in [2.05, 4.69) is 11.8 Å². The number of carbonyl (C=O) groups is 1. The van der Waals surface area contributed by atoms with Gasteiger partial charge in [0.25, 0.3) is 0 Å². The van der Waals surface area contributed by atoms with Crippen LogP contribution in [0.4, 0.5) is 8.78 Å². The lowest BCUT2D eigenvalue weighted by molar-refractivity contribution is -0.143. The summed E-state index contributed by atoms with van der Waals surface area (Å²) in [5, 5.41) is 0. The molecule has 23 heavy (non-hydrogen) atoms. The molecule has 0 N–H and O–H groups in total. The van der Waals surface area contributed by atoms with Crippen molar-refractivity contribution in [3.05, 3.63) is 70.8 Å². The van der Waals surface area contributed by atoms with Gasteiger partial charge in [0.05, 0.1) is 6.61 Å². The van der Waals surface area contributed by atoms with E-state index in [1.54, 1.807) is 6.92 Å². The third kappa shape index (κ3) is 4.93. The molecule has 2 aromatic rings. The summed E-state index contributed by atoms with van der Waals surface area (Å²) in [6, 6.07) is 11.5. The first-order valence-electron chi connectivity index (χ1n) is 7.30. The number of hydrogen-bond donors (Lipinski definition) is 0. The fourth-order valence-electron chi connectivity index (χ4n) is 2.04. The molecule has 0 aromatic heterocycles. The van der Waals surface area contributed by atoms with Crippen LogP contribution in [0.1, 0.15) is 30.0 Å². The van der Waals surface area contributed by atoms with Gasteiger partial charge in [-0.25, -0.2) is 8.78 Å². The Morgan fingerprint density at radius 3 is 2.26 bits per heavy atom. The lowest BCUT2D eigenvalue weighted by atomic mass is 10.1. The Kier molecular flexibility index (Phi) is 5.87. The van der Waals surface area contributed by atoms with Crippen LogP contribution in [0.5, 0.6) is 0 Å². The van der Waals surface area contributed by atoms with E-state index in [1.165, 1.54) is 12.1 Å². The lowest BCUT2D eigenvalue weighted by Crippen LogP contribution is -2.07. The molecule has 2 aromatic carbocycles. The molecule has 0 saturated heterocycles. The van der Waals surface area contributed by atoms with Crippen molar-refractivity contribution in [3.8, 4) is 11.8 Å². The summed E-state index contributed by atoms with van der Waals surface area (Å²) in [5.74, 6) is 3.70. The van der Waals surface area contributed by atoms with Gasteiger partial charge in [-0.2, -0.15) is 0 Å². The number of hydrogen-bond acceptors (Lipinski definition) is 2. The van der Waals surface area contributed by atoms with Gasteiger partial charge in [-0.1, -0.05) is 30.0 Å². The summed E-state index contributed by atoms with van der Waals surface area (Å²) < 4.78 is 32.8. The smallest absolute Gasteiger partial charge is 0.306 e. The van der Waals surface area contributed by atoms with Crippen LogP contribution in [0.2, 0.25) is 0 Å². The third-order valence-corrected chi connectivity index (χ3v) is 3.15. The Hall–Kier alpha value is -2.67. The lowest BCUT2D eigenvalue weighted by Gasteiger charge is -2.06. The van der Waals surface area contributed by atoms with Crippen LogP contribution >= 0.6 is 0 Å². The Labute approximate surface area is 134 Å². The van der Waals surface area contributed by atoms with Gasteiger partial charge >= 0.3 is 5.97 Å². The first-order valence-corrected chi connectivity index (χ1v) is 7.30. The summed E-state index contributed by atoms with van der Waals surface area (Å²) in [5.41, 5.74) is 0.895. The normalized spacial score (nSPS) is 9.87. The first kappa shape index (κ1) is 16.7. The monoisotopic (exact) mass is 314 g/mol. The number of carbonyl (C=O) groups excluding carboxylic acids is 1. The maximum absolute atomic E-state index is 14.0. The highest BCUT2D eigenvalue weighted by molar-refractivity contribution is 5.69. The van der Waals surface area contributed by atoms with Gasteiger partial charge in [0, 0.05) is 23.1 Å². The van der Waals surface area contributed by atoms with Crippen molar-refractivity contribution in [1.82, 2.24) is 0 Å². The minimum atomic E-state index is -0.702. The number of ether oxygens (including phenoxy) is 1. The molecular weight excluding hydrogens is 298 g/mol. The molecule has 0 saturated carbocycles. The number of esters is 1. The molecule has 0 spiro atoms. The molecule has 0 aliphatic rings. The van der Waals surface area contributed by atoms with Gasteiger partial charge < -0.3 is 4.74 Å². The van der Waals surface area contributed by atoms with Crippen molar-refractivity contribution in [2.75, 3.05) is 6.61 Å². The van der Waals surface area contributed by atoms with E-state index in [0.29, 0.717) is 0 Å². The SMILES string of the molecule is CCOC(=O)CCc1c(F)cc(C#Cc2ccccc2)cc1F. The molecule has 0 unspecified atom stereocenters. The van der Waals surface area contributed by atoms with Crippen molar-refractivity contribution in [2.45, 2.75) is 19.8 Å². The minimum Gasteiger partial charge on any atom is -0.466 e. The Morgan fingerprint density at radius 1 is 1.04 bits per heavy atom. The van der Waals surface area contributed by atoms with Crippen LogP contribution in [0.3, 0.4) is 0 Å². The fourth-order valence-corrected chi connectivity index (χ4v) is 2.04. The average Bonchev–Trinajstić information content (AvgIpc) is 2.53. The highest BCUT2D eigenvalue weighted by Crippen LogP contribution is 2.17. The number of halogens is 2. The molecule has 118 valence electrons. The maximum atomic E-state index is 14.0. The van der Waals surface area contributed by atoms with Gasteiger partial charge in [0.2, 0.25) is 0 Å². The van der Waals surface area contributed by atoms with Crippen molar-refractivity contribution in [3.63, 3.8) is 0 Å². The molecule has 4 heteroatoms. The van der Waals surface area contributed by atoms with Crippen LogP contribution in [0.15, 0.2) is 42.5 Å². The van der Waals surface area contributed by atoms with Crippen molar-refractivity contribution >= 4 is 5.97 Å². The van der Waals surface area contributed by atoms with Gasteiger partial charge in [-0.05, 0) is 37.6 Å². The third-order valence-electron chi connectivity index (χ3n) is 3.15. The molecule has 2 rings (SSSR count). The molecule has 0 bridgehead atoms. The summed E-state index contributed by atoms with van der Waals surface area (Å²) in [6.07, 6.45) is -0.0976. The quantitative estimate of drug-likeness (QED) is 0.633. The molecular formula is C19H16F2O2. The molecule has 0 amide bonds. The van der Waals surface area contributed by atoms with Gasteiger partial charge in [-0.3, -0.25) is 4.79 Å². The first-order chi connectivity index (χ1) is 11.1. The topological polar surface area (TPSA) is 26.3 Å². The molecule has 0 atom stereocenters. The van der Waals surface area contributed by atoms with Crippen molar-refractivity contribution < 1.29 is 18.3 Å². The second-order valence-electron chi connectivity index (χ2n) is 4.84. The summed E-state index contributed by atoms with van der Waals surface area (Å²) in [6.45, 7) is 1.93. The van der Waals surface area contributed by atoms with E-state index in [1.807, 2.05) is 30.3 Å². The van der Waals surface area contributed by atoms with E-state index in [4.69, 9.17) is 4.74 Å². The Morgan fingerprint density at radius 2 is 1.65 bits per heavy atom. The summed E-state index contributed by atoms with van der Waals surface area (Å²) >= 11 is 0. The molecule has 0 aliphatic carbocycles. The zero-order valence-corrected chi connectivity index (χ0v) is 12.7. The summed E-state index contributed by atoms with van der Waals surface area (Å²) in [4.78, 5) is 11.3.